The first-order chi connectivity index (χ1) is 10.2. The number of rotatable bonds is 1. The fourth-order valence-corrected chi connectivity index (χ4v) is 2.59. The van der Waals surface area contributed by atoms with Crippen LogP contribution in [0.4, 0.5) is 0 Å². The first-order valence-corrected chi connectivity index (χ1v) is 6.76. The van der Waals surface area contributed by atoms with Crippen molar-refractivity contribution in [2.45, 2.75) is 13.8 Å². The molecular weight excluding hydrogens is 262 g/mol. The van der Waals surface area contributed by atoms with Crippen molar-refractivity contribution in [2.75, 3.05) is 0 Å². The number of imidazole rings is 1. The Labute approximate surface area is 121 Å². The average molecular weight is 275 g/mol. The number of nitrogens with zero attached hydrogens (tertiary/aromatic N) is 5. The van der Waals surface area contributed by atoms with E-state index in [1.165, 1.54) is 0 Å². The molecule has 0 radical (unpaired) electrons. The number of hydrogen-bond acceptors (Lipinski definition) is 4. The molecule has 1 aromatic carbocycles. The van der Waals surface area contributed by atoms with Crippen molar-refractivity contribution in [1.29, 1.82) is 0 Å². The smallest absolute Gasteiger partial charge is 0.163 e. The Hall–Kier alpha value is -2.82. The summed E-state index contributed by atoms with van der Waals surface area (Å²) in [6.07, 6.45) is 5.76. The van der Waals surface area contributed by atoms with Crippen LogP contribution in [0.15, 0.2) is 42.9 Å². The standard InChI is InChI=1S/C16H13N5/c1-10-18-11(2)20-15(19-10)13-3-4-14-12(9-13)5-7-21-8-6-17-16(14)21/h3-9H,1-2H3. The first-order valence-electron chi connectivity index (χ1n) is 6.76. The molecule has 0 aliphatic heterocycles. The lowest BCUT2D eigenvalue weighted by molar-refractivity contribution is 0.929. The van der Waals surface area contributed by atoms with E-state index in [4.69, 9.17) is 0 Å². The minimum absolute atomic E-state index is 0.713. The Kier molecular flexibility index (Phi) is 2.47. The lowest BCUT2D eigenvalue weighted by atomic mass is 10.1. The molecule has 0 saturated heterocycles. The van der Waals surface area contributed by atoms with Crippen molar-refractivity contribution < 1.29 is 0 Å². The second kappa shape index (κ2) is 4.34. The second-order valence-electron chi connectivity index (χ2n) is 5.03. The van der Waals surface area contributed by atoms with Crippen LogP contribution in [0, 0.1) is 13.8 Å². The lowest BCUT2D eigenvalue weighted by Crippen LogP contribution is -1.98. The maximum absolute atomic E-state index is 4.42. The van der Waals surface area contributed by atoms with Crippen LogP contribution in [0.5, 0.6) is 0 Å². The number of fused-ring (bicyclic) bond motifs is 3. The van der Waals surface area contributed by atoms with Gasteiger partial charge in [-0.15, -0.1) is 0 Å². The SMILES string of the molecule is Cc1nc(C)nc(-c2ccc3c(ccn4ccnc34)c2)n1. The van der Waals surface area contributed by atoms with Gasteiger partial charge < -0.3 is 4.40 Å². The highest BCUT2D eigenvalue weighted by Crippen LogP contribution is 2.24. The Balaban J connectivity index is 1.96. The molecule has 0 unspecified atom stereocenters. The summed E-state index contributed by atoms with van der Waals surface area (Å²) in [5, 5.41) is 2.25. The maximum Gasteiger partial charge on any atom is 0.163 e. The van der Waals surface area contributed by atoms with Crippen LogP contribution in [0.1, 0.15) is 11.6 Å². The van der Waals surface area contributed by atoms with Gasteiger partial charge in [-0.05, 0) is 37.4 Å². The third kappa shape index (κ3) is 1.94. The molecule has 3 aromatic heterocycles. The topological polar surface area (TPSA) is 56.0 Å². The van der Waals surface area contributed by atoms with Gasteiger partial charge in [-0.1, -0.05) is 6.07 Å². The van der Waals surface area contributed by atoms with Gasteiger partial charge in [-0.25, -0.2) is 19.9 Å². The molecule has 0 atom stereocenters. The summed E-state index contributed by atoms with van der Waals surface area (Å²) in [4.78, 5) is 17.5. The van der Waals surface area contributed by atoms with E-state index in [9.17, 15) is 0 Å². The predicted octanol–water partition coefficient (Wildman–Crippen LogP) is 2.96. The van der Waals surface area contributed by atoms with Gasteiger partial charge in [0.25, 0.3) is 0 Å². The van der Waals surface area contributed by atoms with Crippen molar-refractivity contribution >= 4 is 16.4 Å². The van der Waals surface area contributed by atoms with Crippen LogP contribution in [0.2, 0.25) is 0 Å². The molecule has 102 valence electrons. The summed E-state index contributed by atoms with van der Waals surface area (Å²) in [6, 6.07) is 8.28. The molecule has 5 heteroatoms. The molecule has 4 aromatic rings. The molecule has 0 N–H and O–H groups in total. The second-order valence-corrected chi connectivity index (χ2v) is 5.03. The molecule has 0 spiro atoms. The van der Waals surface area contributed by atoms with E-state index in [1.54, 1.807) is 6.20 Å². The van der Waals surface area contributed by atoms with Gasteiger partial charge in [0.15, 0.2) is 5.82 Å². The average Bonchev–Trinajstić information content (AvgIpc) is 2.94. The Morgan fingerprint density at radius 1 is 0.905 bits per heavy atom. The molecule has 0 saturated carbocycles. The largest absolute Gasteiger partial charge is 0.307 e. The third-order valence-electron chi connectivity index (χ3n) is 3.49. The number of pyridine rings is 1. The normalized spacial score (nSPS) is 11.3. The quantitative estimate of drug-likeness (QED) is 0.536. The lowest BCUT2D eigenvalue weighted by Gasteiger charge is -2.05. The summed E-state index contributed by atoms with van der Waals surface area (Å²) in [7, 11) is 0. The zero-order valence-electron chi connectivity index (χ0n) is 11.8. The van der Waals surface area contributed by atoms with Gasteiger partial charge in [-0.2, -0.15) is 0 Å². The van der Waals surface area contributed by atoms with E-state index in [1.807, 2.05) is 36.7 Å². The monoisotopic (exact) mass is 275 g/mol. The van der Waals surface area contributed by atoms with Gasteiger partial charge >= 0.3 is 0 Å². The summed E-state index contributed by atoms with van der Waals surface area (Å²) < 4.78 is 2.01. The van der Waals surface area contributed by atoms with E-state index in [0.717, 1.165) is 33.6 Å². The molecule has 0 fully saturated rings. The van der Waals surface area contributed by atoms with Crippen LogP contribution in [-0.2, 0) is 0 Å². The van der Waals surface area contributed by atoms with Crippen LogP contribution in [-0.4, -0.2) is 24.3 Å². The molecule has 4 rings (SSSR count). The number of benzene rings is 1. The van der Waals surface area contributed by atoms with Crippen molar-refractivity contribution in [3.8, 4) is 11.4 Å². The molecule has 21 heavy (non-hydrogen) atoms. The number of hydrogen-bond donors (Lipinski definition) is 0. The summed E-state index contributed by atoms with van der Waals surface area (Å²) >= 11 is 0. The highest BCUT2D eigenvalue weighted by Gasteiger charge is 2.07. The Bertz CT molecular complexity index is 951. The van der Waals surface area contributed by atoms with Crippen molar-refractivity contribution in [2.24, 2.45) is 0 Å². The van der Waals surface area contributed by atoms with E-state index < -0.39 is 0 Å². The van der Waals surface area contributed by atoms with Gasteiger partial charge in [0.1, 0.15) is 17.3 Å². The summed E-state index contributed by atoms with van der Waals surface area (Å²) in [5.41, 5.74) is 1.95. The number of aromatic nitrogens is 5. The fourth-order valence-electron chi connectivity index (χ4n) is 2.59. The predicted molar refractivity (Wildman–Crippen MR) is 81.0 cm³/mol. The molecule has 0 bridgehead atoms. The van der Waals surface area contributed by atoms with Gasteiger partial charge in [0.2, 0.25) is 0 Å². The summed E-state index contributed by atoms with van der Waals surface area (Å²) in [6.45, 7) is 3.76. The fraction of sp³-hybridized carbons (Fsp3) is 0.125. The highest BCUT2D eigenvalue weighted by atomic mass is 15.0. The molecular formula is C16H13N5. The van der Waals surface area contributed by atoms with Gasteiger partial charge in [0, 0.05) is 29.5 Å². The van der Waals surface area contributed by atoms with Gasteiger partial charge in [-0.3, -0.25) is 0 Å². The number of aryl methyl sites for hydroxylation is 2. The summed E-state index contributed by atoms with van der Waals surface area (Å²) in [5.74, 6) is 2.19. The third-order valence-corrected chi connectivity index (χ3v) is 3.49. The van der Waals surface area contributed by atoms with Crippen LogP contribution >= 0.6 is 0 Å². The van der Waals surface area contributed by atoms with Crippen LogP contribution in [0.25, 0.3) is 27.8 Å². The van der Waals surface area contributed by atoms with E-state index in [0.29, 0.717) is 5.82 Å². The maximum atomic E-state index is 4.42. The molecule has 0 aliphatic rings. The Morgan fingerprint density at radius 3 is 2.52 bits per heavy atom. The first kappa shape index (κ1) is 12.0. The van der Waals surface area contributed by atoms with Crippen LogP contribution < -0.4 is 0 Å². The Morgan fingerprint density at radius 2 is 1.71 bits per heavy atom. The minimum atomic E-state index is 0.713. The van der Waals surface area contributed by atoms with Crippen LogP contribution in [0.3, 0.4) is 0 Å². The van der Waals surface area contributed by atoms with Gasteiger partial charge in [0.05, 0.1) is 0 Å². The zero-order chi connectivity index (χ0) is 14.4. The van der Waals surface area contributed by atoms with Crippen molar-refractivity contribution in [3.63, 3.8) is 0 Å². The molecule has 0 amide bonds. The van der Waals surface area contributed by atoms with E-state index in [2.05, 4.69) is 38.1 Å². The van der Waals surface area contributed by atoms with Crippen molar-refractivity contribution in [1.82, 2.24) is 24.3 Å². The molecule has 5 nitrogen and oxygen atoms in total. The van der Waals surface area contributed by atoms with E-state index >= 15 is 0 Å². The highest BCUT2D eigenvalue weighted by molar-refractivity contribution is 5.95. The zero-order valence-corrected chi connectivity index (χ0v) is 11.8. The minimum Gasteiger partial charge on any atom is -0.307 e. The van der Waals surface area contributed by atoms with E-state index in [-0.39, 0.29) is 0 Å². The molecule has 3 heterocycles. The van der Waals surface area contributed by atoms with Crippen molar-refractivity contribution in [3.05, 3.63) is 54.5 Å². The molecule has 0 aliphatic carbocycles.